The monoisotopic (exact) mass is 781 g/mol. The second-order valence-corrected chi connectivity index (χ2v) is 14.8. The van der Waals surface area contributed by atoms with Gasteiger partial charge in [0.15, 0.2) is 17.4 Å². The summed E-state index contributed by atoms with van der Waals surface area (Å²) in [5.41, 5.74) is -0.142. The Balaban J connectivity index is 1.31. The third-order valence-electron chi connectivity index (χ3n) is 11.7. The number of para-hydroxylation sites is 1. The number of rotatable bonds is 8. The molecule has 2 amide bonds. The molecular formula is C43H35ClF3N3O6. The SMILES string of the molecule is CN(c1nc(C(F)(F)F)ccc1Cl)N1C(=O)C2CC=C3C(CC4C(=O)C(c5ccccc5)=CC(=O)C4(c4ccccc4)C3c3ccccc3OCCO)C2C1=O. The maximum Gasteiger partial charge on any atom is 0.433 e. The lowest BCUT2D eigenvalue weighted by atomic mass is 9.44. The van der Waals surface area contributed by atoms with Crippen molar-refractivity contribution in [2.75, 3.05) is 25.3 Å². The van der Waals surface area contributed by atoms with Crippen molar-refractivity contribution in [3.63, 3.8) is 0 Å². The van der Waals surface area contributed by atoms with Crippen molar-refractivity contribution in [2.45, 2.75) is 30.4 Å². The fourth-order valence-corrected chi connectivity index (χ4v) is 9.64. The molecule has 4 aromatic rings. The Kier molecular flexibility index (Phi) is 9.45. The number of benzene rings is 3. The maximum absolute atomic E-state index is 15.3. The Bertz CT molecular complexity index is 2320. The van der Waals surface area contributed by atoms with Gasteiger partial charge in [-0.05, 0) is 54.2 Å². The molecule has 6 unspecified atom stereocenters. The predicted molar refractivity (Wildman–Crippen MR) is 200 cm³/mol. The van der Waals surface area contributed by atoms with Gasteiger partial charge in [0.2, 0.25) is 0 Å². The number of alkyl halides is 3. The number of carbonyl (C=O) groups is 4. The molecule has 4 aliphatic rings. The first-order valence-corrected chi connectivity index (χ1v) is 18.6. The largest absolute Gasteiger partial charge is 0.491 e. The third kappa shape index (κ3) is 5.76. The van der Waals surface area contributed by atoms with Crippen LogP contribution in [0.2, 0.25) is 5.02 Å². The average Bonchev–Trinajstić information content (AvgIpc) is 3.46. The molecule has 3 aliphatic carbocycles. The molecule has 8 rings (SSSR count). The molecule has 2 fully saturated rings. The number of halogens is 4. The number of fused-ring (bicyclic) bond motifs is 4. The van der Waals surface area contributed by atoms with Gasteiger partial charge in [0.1, 0.15) is 18.1 Å². The number of carbonyl (C=O) groups excluding carboxylic acids is 4. The molecule has 56 heavy (non-hydrogen) atoms. The van der Waals surface area contributed by atoms with Gasteiger partial charge in [-0.1, -0.05) is 102 Å². The van der Waals surface area contributed by atoms with E-state index in [0.717, 1.165) is 16.1 Å². The first-order valence-electron chi connectivity index (χ1n) is 18.2. The third-order valence-corrected chi connectivity index (χ3v) is 12.0. The number of imide groups is 1. The van der Waals surface area contributed by atoms with Gasteiger partial charge in [-0.2, -0.15) is 18.2 Å². The summed E-state index contributed by atoms with van der Waals surface area (Å²) in [5.74, 6) is -6.60. The topological polar surface area (TPSA) is 117 Å². The molecule has 13 heteroatoms. The number of nitrogens with zero attached hydrogens (tertiary/aromatic N) is 3. The fourth-order valence-electron chi connectivity index (χ4n) is 9.41. The van der Waals surface area contributed by atoms with Crippen LogP contribution in [0.5, 0.6) is 5.75 Å². The van der Waals surface area contributed by atoms with Gasteiger partial charge in [0, 0.05) is 30.0 Å². The highest BCUT2D eigenvalue weighted by Crippen LogP contribution is 2.64. The number of Topliss-reactive ketones (excluding diaryl/α,β-unsaturated/α-hetero) is 1. The number of ketones is 2. The van der Waals surface area contributed by atoms with Gasteiger partial charge < -0.3 is 9.84 Å². The molecule has 1 aromatic heterocycles. The summed E-state index contributed by atoms with van der Waals surface area (Å²) in [6, 6.07) is 26.7. The summed E-state index contributed by atoms with van der Waals surface area (Å²) in [6.45, 7) is -0.337. The van der Waals surface area contributed by atoms with E-state index in [0.29, 0.717) is 34.1 Å². The Morgan fingerprint density at radius 1 is 0.911 bits per heavy atom. The minimum atomic E-state index is -4.82. The molecule has 0 bridgehead atoms. The molecular weight excluding hydrogens is 747 g/mol. The van der Waals surface area contributed by atoms with E-state index in [4.69, 9.17) is 16.3 Å². The van der Waals surface area contributed by atoms with Gasteiger partial charge in [0.05, 0.1) is 28.9 Å². The average molecular weight is 782 g/mol. The van der Waals surface area contributed by atoms with Crippen LogP contribution in [0.4, 0.5) is 19.0 Å². The lowest BCUT2D eigenvalue weighted by molar-refractivity contribution is -0.141. The summed E-state index contributed by atoms with van der Waals surface area (Å²) in [7, 11) is 1.26. The normalized spacial score (nSPS) is 25.9. The number of aliphatic hydroxyl groups excluding tert-OH is 1. The van der Waals surface area contributed by atoms with Crippen LogP contribution < -0.4 is 9.75 Å². The second kappa shape index (κ2) is 14.2. The number of allylic oxidation sites excluding steroid dienone is 4. The molecule has 1 saturated heterocycles. The summed E-state index contributed by atoms with van der Waals surface area (Å²) in [5, 5.41) is 11.3. The molecule has 0 radical (unpaired) electrons. The van der Waals surface area contributed by atoms with Crippen LogP contribution in [0.3, 0.4) is 0 Å². The van der Waals surface area contributed by atoms with E-state index >= 15 is 9.59 Å². The highest BCUT2D eigenvalue weighted by molar-refractivity contribution is 6.33. The van der Waals surface area contributed by atoms with Crippen LogP contribution in [0, 0.1) is 23.7 Å². The molecule has 9 nitrogen and oxygen atoms in total. The quantitative estimate of drug-likeness (QED) is 0.150. The number of amides is 2. The standard InChI is InChI=1S/C43H35ClF3N3O6/c1-49(39-32(44)18-19-34(48-39)43(45,46)47)50-40(54)28-17-16-26-30(36(28)41(50)55)22-31-38(53)29(24-10-4-2-5-11-24)23-35(52)42(31,25-12-6-3-7-13-25)37(26)27-14-8-9-15-33(27)56-21-20-51/h2-16,18-19,23,28,30-31,36-37,51H,17,20-22H2,1H3. The van der Waals surface area contributed by atoms with E-state index < -0.39 is 64.5 Å². The van der Waals surface area contributed by atoms with Crippen molar-refractivity contribution in [3.05, 3.63) is 142 Å². The predicted octanol–water partition coefficient (Wildman–Crippen LogP) is 7.00. The van der Waals surface area contributed by atoms with E-state index in [2.05, 4.69) is 4.98 Å². The summed E-state index contributed by atoms with van der Waals surface area (Å²) in [4.78, 5) is 63.1. The van der Waals surface area contributed by atoms with Crippen molar-refractivity contribution >= 4 is 46.4 Å². The van der Waals surface area contributed by atoms with Gasteiger partial charge in [-0.15, -0.1) is 0 Å². The summed E-state index contributed by atoms with van der Waals surface area (Å²) < 4.78 is 47.2. The van der Waals surface area contributed by atoms with Gasteiger partial charge in [0.25, 0.3) is 11.8 Å². The highest BCUT2D eigenvalue weighted by atomic mass is 35.5. The number of hydrazine groups is 1. The Labute approximate surface area is 325 Å². The van der Waals surface area contributed by atoms with Crippen LogP contribution in [0.1, 0.15) is 41.1 Å². The number of anilines is 1. The molecule has 2 heterocycles. The number of hydrogen-bond acceptors (Lipinski definition) is 8. The number of ether oxygens (including phenoxy) is 1. The first-order chi connectivity index (χ1) is 26.9. The van der Waals surface area contributed by atoms with E-state index in [9.17, 15) is 27.9 Å². The van der Waals surface area contributed by atoms with E-state index in [1.807, 2.05) is 30.3 Å². The van der Waals surface area contributed by atoms with Crippen LogP contribution in [-0.4, -0.2) is 58.7 Å². The second-order valence-electron chi connectivity index (χ2n) is 14.4. The van der Waals surface area contributed by atoms with E-state index in [1.54, 1.807) is 60.7 Å². The van der Waals surface area contributed by atoms with Crippen molar-refractivity contribution in [3.8, 4) is 5.75 Å². The number of hydrogen-bond donors (Lipinski definition) is 1. The minimum Gasteiger partial charge on any atom is -0.491 e. The Morgan fingerprint density at radius 2 is 1.59 bits per heavy atom. The van der Waals surface area contributed by atoms with Crippen LogP contribution in [0.15, 0.2) is 115 Å². The fraction of sp³-hybridized carbons (Fsp3) is 0.279. The minimum absolute atomic E-state index is 0.0198. The lowest BCUT2D eigenvalue weighted by Crippen LogP contribution is -2.59. The van der Waals surface area contributed by atoms with Crippen molar-refractivity contribution in [2.24, 2.45) is 23.7 Å². The molecule has 1 aliphatic heterocycles. The zero-order chi connectivity index (χ0) is 39.5. The van der Waals surface area contributed by atoms with Crippen molar-refractivity contribution in [1.29, 1.82) is 0 Å². The van der Waals surface area contributed by atoms with Gasteiger partial charge in [-0.25, -0.2) is 4.98 Å². The van der Waals surface area contributed by atoms with Crippen molar-refractivity contribution < 1.29 is 42.2 Å². The molecule has 3 aromatic carbocycles. The maximum atomic E-state index is 15.3. The van der Waals surface area contributed by atoms with E-state index in [-0.39, 0.29) is 48.2 Å². The number of aromatic nitrogens is 1. The molecule has 1 N–H and O–H groups in total. The highest BCUT2D eigenvalue weighted by Gasteiger charge is 2.66. The van der Waals surface area contributed by atoms with Crippen molar-refractivity contribution in [1.82, 2.24) is 9.99 Å². The van der Waals surface area contributed by atoms with E-state index in [1.165, 1.54) is 13.1 Å². The first kappa shape index (κ1) is 37.3. The summed E-state index contributed by atoms with van der Waals surface area (Å²) in [6.07, 6.45) is -1.42. The Hall–Kier alpha value is -5.59. The Morgan fingerprint density at radius 3 is 2.29 bits per heavy atom. The molecule has 286 valence electrons. The van der Waals surface area contributed by atoms with Crippen LogP contribution in [-0.2, 0) is 30.8 Å². The zero-order valence-electron chi connectivity index (χ0n) is 29.9. The van der Waals surface area contributed by atoms with Gasteiger partial charge >= 0.3 is 6.18 Å². The smallest absolute Gasteiger partial charge is 0.433 e. The molecule has 6 atom stereocenters. The summed E-state index contributed by atoms with van der Waals surface area (Å²) >= 11 is 6.33. The molecule has 0 spiro atoms. The lowest BCUT2D eigenvalue weighted by Gasteiger charge is -2.55. The zero-order valence-corrected chi connectivity index (χ0v) is 30.7. The number of aliphatic hydroxyl groups is 1. The van der Waals surface area contributed by atoms with Gasteiger partial charge in [-0.3, -0.25) is 24.2 Å². The number of pyridine rings is 1. The van der Waals surface area contributed by atoms with Crippen LogP contribution >= 0.6 is 11.6 Å². The molecule has 1 saturated carbocycles. The van der Waals surface area contributed by atoms with Crippen LogP contribution in [0.25, 0.3) is 5.57 Å².